The highest BCUT2D eigenvalue weighted by Gasteiger charge is 2.04. The number of rotatable bonds is 9. The molecule has 1 aromatic rings. The molecule has 3 nitrogen and oxygen atoms in total. The van der Waals surface area contributed by atoms with E-state index < -0.39 is 0 Å². The van der Waals surface area contributed by atoms with Crippen LogP contribution >= 0.6 is 0 Å². The Kier molecular flexibility index (Phi) is 7.46. The summed E-state index contributed by atoms with van der Waals surface area (Å²) in [5.74, 6) is 0.908. The molecule has 0 unspecified atom stereocenters. The molecule has 0 saturated carbocycles. The summed E-state index contributed by atoms with van der Waals surface area (Å²) in [6.45, 7) is 7.65. The van der Waals surface area contributed by atoms with E-state index in [0.717, 1.165) is 43.9 Å². The van der Waals surface area contributed by atoms with Crippen molar-refractivity contribution < 1.29 is 9.47 Å². The molecule has 0 heterocycles. The number of ether oxygens (including phenoxy) is 2. The molecule has 0 aliphatic heterocycles. The first-order valence-electron chi connectivity index (χ1n) is 6.76. The van der Waals surface area contributed by atoms with Crippen LogP contribution in [0.25, 0.3) is 0 Å². The first-order valence-corrected chi connectivity index (χ1v) is 6.76. The zero-order valence-electron chi connectivity index (χ0n) is 11.8. The van der Waals surface area contributed by atoms with Gasteiger partial charge in [-0.1, -0.05) is 19.9 Å². The number of hydrogen-bond donors (Lipinski definition) is 1. The van der Waals surface area contributed by atoms with E-state index in [1.54, 1.807) is 7.11 Å². The highest BCUT2D eigenvalue weighted by molar-refractivity contribution is 5.36. The molecule has 102 valence electrons. The third-order valence-corrected chi connectivity index (χ3v) is 2.71. The largest absolute Gasteiger partial charge is 0.496 e. The van der Waals surface area contributed by atoms with Gasteiger partial charge in [-0.25, -0.2) is 0 Å². The van der Waals surface area contributed by atoms with Crippen LogP contribution in [0, 0.1) is 0 Å². The van der Waals surface area contributed by atoms with Crippen molar-refractivity contribution in [3.63, 3.8) is 0 Å². The second-order valence-electron chi connectivity index (χ2n) is 4.38. The summed E-state index contributed by atoms with van der Waals surface area (Å²) in [6.07, 6.45) is 2.20. The summed E-state index contributed by atoms with van der Waals surface area (Å²) in [5.41, 5.74) is 2.40. The maximum Gasteiger partial charge on any atom is 0.124 e. The van der Waals surface area contributed by atoms with Gasteiger partial charge in [-0.2, -0.15) is 0 Å². The third kappa shape index (κ3) is 5.07. The monoisotopic (exact) mass is 251 g/mol. The smallest absolute Gasteiger partial charge is 0.124 e. The number of hydrogen-bond acceptors (Lipinski definition) is 3. The van der Waals surface area contributed by atoms with Gasteiger partial charge in [-0.3, -0.25) is 0 Å². The van der Waals surface area contributed by atoms with Crippen LogP contribution in [0.4, 0.5) is 0 Å². The molecule has 1 aromatic carbocycles. The predicted octanol–water partition coefficient (Wildman–Crippen LogP) is 3.12. The van der Waals surface area contributed by atoms with Gasteiger partial charge in [0.2, 0.25) is 0 Å². The molecule has 3 heteroatoms. The van der Waals surface area contributed by atoms with Crippen LogP contribution in [0.3, 0.4) is 0 Å². The van der Waals surface area contributed by atoms with Gasteiger partial charge in [0.25, 0.3) is 0 Å². The lowest BCUT2D eigenvalue weighted by Crippen LogP contribution is -2.14. The van der Waals surface area contributed by atoms with Gasteiger partial charge in [0.1, 0.15) is 5.75 Å². The fraction of sp³-hybridized carbons (Fsp3) is 0.600. The molecule has 1 N–H and O–H groups in total. The van der Waals surface area contributed by atoms with E-state index in [9.17, 15) is 0 Å². The van der Waals surface area contributed by atoms with Gasteiger partial charge >= 0.3 is 0 Å². The van der Waals surface area contributed by atoms with Crippen LogP contribution in [-0.2, 0) is 17.9 Å². The summed E-state index contributed by atoms with van der Waals surface area (Å²) >= 11 is 0. The second-order valence-corrected chi connectivity index (χ2v) is 4.38. The summed E-state index contributed by atoms with van der Waals surface area (Å²) in [5, 5.41) is 3.40. The number of methoxy groups -OCH3 is 1. The summed E-state index contributed by atoms with van der Waals surface area (Å²) < 4.78 is 10.9. The second kappa shape index (κ2) is 8.95. The van der Waals surface area contributed by atoms with Crippen molar-refractivity contribution in [3.05, 3.63) is 29.3 Å². The Bertz CT molecular complexity index is 339. The van der Waals surface area contributed by atoms with E-state index >= 15 is 0 Å². The lowest BCUT2D eigenvalue weighted by molar-refractivity contribution is 0.119. The molecule has 0 spiro atoms. The maximum atomic E-state index is 5.59. The Balaban J connectivity index is 2.62. The Labute approximate surface area is 110 Å². The highest BCUT2D eigenvalue weighted by Crippen LogP contribution is 2.20. The van der Waals surface area contributed by atoms with Crippen LogP contribution in [0.15, 0.2) is 18.2 Å². The zero-order valence-corrected chi connectivity index (χ0v) is 11.8. The summed E-state index contributed by atoms with van der Waals surface area (Å²) in [6, 6.07) is 6.29. The van der Waals surface area contributed by atoms with E-state index in [4.69, 9.17) is 9.47 Å². The van der Waals surface area contributed by atoms with Crippen LogP contribution in [-0.4, -0.2) is 20.3 Å². The third-order valence-electron chi connectivity index (χ3n) is 2.71. The minimum Gasteiger partial charge on any atom is -0.496 e. The zero-order chi connectivity index (χ0) is 13.2. The van der Waals surface area contributed by atoms with Gasteiger partial charge in [0, 0.05) is 18.7 Å². The van der Waals surface area contributed by atoms with Gasteiger partial charge in [-0.05, 0) is 37.1 Å². The molecular formula is C15H25NO2. The van der Waals surface area contributed by atoms with E-state index in [-0.39, 0.29) is 0 Å². The number of benzene rings is 1. The average molecular weight is 251 g/mol. The van der Waals surface area contributed by atoms with Crippen molar-refractivity contribution in [2.24, 2.45) is 0 Å². The molecular weight excluding hydrogens is 226 g/mol. The molecule has 18 heavy (non-hydrogen) atoms. The first-order chi connectivity index (χ1) is 8.81. The fourth-order valence-corrected chi connectivity index (χ4v) is 1.79. The van der Waals surface area contributed by atoms with Gasteiger partial charge in [0.05, 0.1) is 13.7 Å². The molecule has 0 bridgehead atoms. The Morgan fingerprint density at radius 1 is 1.17 bits per heavy atom. The summed E-state index contributed by atoms with van der Waals surface area (Å²) in [4.78, 5) is 0. The molecule has 0 aliphatic carbocycles. The molecule has 0 saturated heterocycles. The Hall–Kier alpha value is -1.06. The van der Waals surface area contributed by atoms with Crippen LogP contribution in [0.2, 0.25) is 0 Å². The fourth-order valence-electron chi connectivity index (χ4n) is 1.79. The van der Waals surface area contributed by atoms with Crippen LogP contribution in [0.5, 0.6) is 5.75 Å². The lowest BCUT2D eigenvalue weighted by atomic mass is 10.1. The Morgan fingerprint density at radius 3 is 2.67 bits per heavy atom. The molecule has 0 aliphatic rings. The maximum absolute atomic E-state index is 5.59. The van der Waals surface area contributed by atoms with Crippen molar-refractivity contribution in [2.75, 3.05) is 20.3 Å². The topological polar surface area (TPSA) is 30.5 Å². The summed E-state index contributed by atoms with van der Waals surface area (Å²) in [7, 11) is 1.70. The van der Waals surface area contributed by atoms with Crippen molar-refractivity contribution in [1.29, 1.82) is 0 Å². The first kappa shape index (κ1) is 15.0. The molecule has 0 fully saturated rings. The standard InChI is InChI=1S/C15H25NO2/c1-4-8-16-11-13-6-7-15(17-3)14(10-13)12-18-9-5-2/h6-7,10,16H,4-5,8-9,11-12H2,1-3H3. The molecule has 0 atom stereocenters. The van der Waals surface area contributed by atoms with Crippen molar-refractivity contribution >= 4 is 0 Å². The SMILES string of the molecule is CCCNCc1ccc(OC)c(COCCC)c1. The van der Waals surface area contributed by atoms with Gasteiger partial charge < -0.3 is 14.8 Å². The average Bonchev–Trinajstić information content (AvgIpc) is 2.40. The van der Waals surface area contributed by atoms with E-state index in [1.165, 1.54) is 5.56 Å². The van der Waals surface area contributed by atoms with Crippen molar-refractivity contribution in [3.8, 4) is 5.75 Å². The van der Waals surface area contributed by atoms with Crippen LogP contribution in [0.1, 0.15) is 37.8 Å². The quantitative estimate of drug-likeness (QED) is 0.684. The highest BCUT2D eigenvalue weighted by atomic mass is 16.5. The van der Waals surface area contributed by atoms with E-state index in [0.29, 0.717) is 6.61 Å². The van der Waals surface area contributed by atoms with E-state index in [2.05, 4.69) is 31.3 Å². The number of nitrogens with one attached hydrogen (secondary N) is 1. The van der Waals surface area contributed by atoms with Gasteiger partial charge in [0.15, 0.2) is 0 Å². The minimum absolute atomic E-state index is 0.624. The molecule has 0 amide bonds. The molecule has 1 rings (SSSR count). The van der Waals surface area contributed by atoms with Crippen molar-refractivity contribution in [1.82, 2.24) is 5.32 Å². The van der Waals surface area contributed by atoms with Crippen LogP contribution < -0.4 is 10.1 Å². The molecule has 0 radical (unpaired) electrons. The predicted molar refractivity (Wildman–Crippen MR) is 74.9 cm³/mol. The lowest BCUT2D eigenvalue weighted by Gasteiger charge is -2.11. The van der Waals surface area contributed by atoms with E-state index in [1.807, 2.05) is 6.07 Å². The normalized spacial score (nSPS) is 10.6. The van der Waals surface area contributed by atoms with Gasteiger partial charge in [-0.15, -0.1) is 0 Å². The molecule has 0 aromatic heterocycles. The van der Waals surface area contributed by atoms with Crippen molar-refractivity contribution in [2.45, 2.75) is 39.8 Å². The Morgan fingerprint density at radius 2 is 2.00 bits per heavy atom. The minimum atomic E-state index is 0.624.